The maximum absolute atomic E-state index is 12.1. The minimum Gasteiger partial charge on any atom is -0.480 e. The second kappa shape index (κ2) is 30.6. The average Bonchev–Trinajstić information content (AvgIpc) is 3.33. The minimum atomic E-state index is -0.970. The molecule has 3 aliphatic rings. The molecule has 416 valence electrons. The van der Waals surface area contributed by atoms with Crippen LogP contribution in [0.2, 0.25) is 0 Å². The van der Waals surface area contributed by atoms with Gasteiger partial charge in [-0.05, 0) is 36.4 Å². The number of nitrogens with zero attached hydrogens (tertiary/aromatic N) is 13. The zero-order valence-electron chi connectivity index (χ0n) is 43.4. The van der Waals surface area contributed by atoms with Crippen molar-refractivity contribution in [2.24, 2.45) is 0 Å². The van der Waals surface area contributed by atoms with Gasteiger partial charge in [0, 0.05) is 157 Å². The highest BCUT2D eigenvalue weighted by Crippen LogP contribution is 2.14. The smallest absolute Gasteiger partial charge is 0.317 e. The Labute approximate surface area is 443 Å². The van der Waals surface area contributed by atoms with E-state index >= 15 is 0 Å². The molecule has 25 heteroatoms. The van der Waals surface area contributed by atoms with Crippen LogP contribution in [0.15, 0.2) is 54.6 Å². The van der Waals surface area contributed by atoms with Crippen LogP contribution in [-0.4, -0.2) is 287 Å². The summed E-state index contributed by atoms with van der Waals surface area (Å²) in [6.07, 6.45) is 0. The van der Waals surface area contributed by atoms with E-state index in [1.165, 1.54) is 0 Å². The van der Waals surface area contributed by atoms with E-state index < -0.39 is 35.8 Å². The summed E-state index contributed by atoms with van der Waals surface area (Å²) in [5.41, 5.74) is 4.09. The van der Waals surface area contributed by atoms with Gasteiger partial charge in [0.05, 0.1) is 73.4 Å². The monoisotopic (exact) mass is 1060 g/mol. The third kappa shape index (κ3) is 22.2. The van der Waals surface area contributed by atoms with Crippen LogP contribution in [0.25, 0.3) is 0 Å². The second-order valence-electron chi connectivity index (χ2n) is 19.9. The van der Waals surface area contributed by atoms with Crippen molar-refractivity contribution in [1.29, 1.82) is 0 Å². The summed E-state index contributed by atoms with van der Waals surface area (Å²) in [5.74, 6) is -5.82. The summed E-state index contributed by atoms with van der Waals surface area (Å²) in [6, 6.07) is 16.6. The fraction of sp³-hybridized carbons (Fsp3) is 0.588. The normalized spacial score (nSPS) is 18.8. The molecule has 6 rings (SSSR count). The van der Waals surface area contributed by atoms with E-state index in [0.717, 1.165) is 0 Å². The molecule has 0 radical (unpaired) electrons. The predicted octanol–water partition coefficient (Wildman–Crippen LogP) is -1.16. The maximum Gasteiger partial charge on any atom is 0.317 e. The van der Waals surface area contributed by atoms with E-state index in [1.54, 1.807) is 0 Å². The number of carboxylic acids is 6. The quantitative estimate of drug-likeness (QED) is 0.0734. The first-order valence-corrected chi connectivity index (χ1v) is 25.9. The number of pyridine rings is 3. The van der Waals surface area contributed by atoms with Gasteiger partial charge in [0.15, 0.2) is 0 Å². The molecule has 3 aromatic heterocycles. The largest absolute Gasteiger partial charge is 0.480 e. The van der Waals surface area contributed by atoms with Crippen molar-refractivity contribution in [3.8, 4) is 0 Å². The standard InChI is InChI=1S/C51H75N13O12/c65-46(66)34-59-22-16-56(17-23-60(35-47(67)68)29-41-5-1-4-40(28-59)52-41)13-10-55(11-14-57-18-24-61(36-48(69)70)30-42-6-2-7-43(53-42)31-62(25-19-57)37-49(71)72)12-15-58-20-26-63(38-50(73)74)32-44-8-3-9-45(54-44)33-64(27-21-58)39-51(75)76/h1-9H,10-39H2,(H,65,66)(H,67,68)(H,69,70)(H,71,72)(H,73,74)(H,75,76). The lowest BCUT2D eigenvalue weighted by Crippen LogP contribution is -2.49. The summed E-state index contributed by atoms with van der Waals surface area (Å²) in [6.45, 7) is 8.98. The molecule has 76 heavy (non-hydrogen) atoms. The van der Waals surface area contributed by atoms with Crippen LogP contribution in [0.3, 0.4) is 0 Å². The summed E-state index contributed by atoms with van der Waals surface area (Å²) in [4.78, 5) is 107. The Bertz CT molecular complexity index is 2000. The molecule has 6 heterocycles. The lowest BCUT2D eigenvalue weighted by Gasteiger charge is -2.35. The van der Waals surface area contributed by atoms with E-state index in [2.05, 4.69) is 19.6 Å². The molecule has 0 amide bonds. The fourth-order valence-corrected chi connectivity index (χ4v) is 9.81. The third-order valence-electron chi connectivity index (χ3n) is 13.7. The van der Waals surface area contributed by atoms with Crippen molar-refractivity contribution in [2.75, 3.05) is 157 Å². The van der Waals surface area contributed by atoms with Gasteiger partial charge in [-0.25, -0.2) is 0 Å². The molecule has 0 spiro atoms. The van der Waals surface area contributed by atoms with E-state index in [4.69, 9.17) is 15.0 Å². The SMILES string of the molecule is O=C(O)CN1CCN(CCN(CCN2CCN(CC(=O)O)Cc3cccc(n3)CN(CC(=O)O)CC2)CCN2CCN(CC(=O)O)Cc3cccc(n3)CN(CC(=O)O)CC2)CCN(CC(=O)O)Cc2cccc(n2)C1. The molecule has 0 aliphatic carbocycles. The van der Waals surface area contributed by atoms with Gasteiger partial charge in [-0.2, -0.15) is 0 Å². The van der Waals surface area contributed by atoms with Crippen LogP contribution < -0.4 is 0 Å². The van der Waals surface area contributed by atoms with Crippen LogP contribution in [0.4, 0.5) is 0 Å². The Morgan fingerprint density at radius 3 is 0.658 bits per heavy atom. The molecule has 0 atom stereocenters. The highest BCUT2D eigenvalue weighted by atomic mass is 16.4. The van der Waals surface area contributed by atoms with Gasteiger partial charge >= 0.3 is 35.8 Å². The van der Waals surface area contributed by atoms with Crippen LogP contribution in [-0.2, 0) is 68.0 Å². The highest BCUT2D eigenvalue weighted by molar-refractivity contribution is 5.70. The third-order valence-corrected chi connectivity index (χ3v) is 13.7. The Kier molecular flexibility index (Phi) is 23.8. The van der Waals surface area contributed by atoms with Gasteiger partial charge in [0.1, 0.15) is 0 Å². The van der Waals surface area contributed by atoms with Gasteiger partial charge in [-0.15, -0.1) is 0 Å². The molecule has 0 aromatic carbocycles. The van der Waals surface area contributed by atoms with Crippen LogP contribution in [0, 0.1) is 0 Å². The molecule has 0 saturated heterocycles. The number of carboxylic acid groups (broad SMARTS) is 6. The average molecular weight is 1060 g/mol. The first-order chi connectivity index (χ1) is 36.5. The molecule has 0 unspecified atom stereocenters. The summed E-state index contributed by atoms with van der Waals surface area (Å²) in [5, 5.41) is 59.4. The van der Waals surface area contributed by atoms with Crippen molar-refractivity contribution in [3.63, 3.8) is 0 Å². The highest BCUT2D eigenvalue weighted by Gasteiger charge is 2.24. The van der Waals surface area contributed by atoms with Crippen LogP contribution in [0.5, 0.6) is 0 Å². The van der Waals surface area contributed by atoms with E-state index in [-0.39, 0.29) is 78.5 Å². The van der Waals surface area contributed by atoms with Crippen molar-refractivity contribution in [2.45, 2.75) is 39.3 Å². The Morgan fingerprint density at radius 2 is 0.487 bits per heavy atom. The predicted molar refractivity (Wildman–Crippen MR) is 276 cm³/mol. The summed E-state index contributed by atoms with van der Waals surface area (Å²) in [7, 11) is 0. The summed E-state index contributed by atoms with van der Waals surface area (Å²) >= 11 is 0. The Balaban J connectivity index is 1.26. The first-order valence-electron chi connectivity index (χ1n) is 25.9. The van der Waals surface area contributed by atoms with Gasteiger partial charge in [0.2, 0.25) is 0 Å². The zero-order valence-corrected chi connectivity index (χ0v) is 43.4. The number of hydrogen-bond donors (Lipinski definition) is 6. The van der Waals surface area contributed by atoms with E-state index in [9.17, 15) is 59.4 Å². The van der Waals surface area contributed by atoms with Crippen molar-refractivity contribution < 1.29 is 59.4 Å². The number of aliphatic carboxylic acids is 6. The van der Waals surface area contributed by atoms with Gasteiger partial charge in [-0.3, -0.25) is 92.7 Å². The lowest BCUT2D eigenvalue weighted by atomic mass is 10.2. The Morgan fingerprint density at radius 1 is 0.316 bits per heavy atom. The first kappa shape index (κ1) is 59.1. The van der Waals surface area contributed by atoms with Crippen LogP contribution in [0.1, 0.15) is 34.2 Å². The molecular formula is C51H75N13O12. The van der Waals surface area contributed by atoms with Crippen LogP contribution >= 0.6 is 0 Å². The fourth-order valence-electron chi connectivity index (χ4n) is 9.81. The van der Waals surface area contributed by atoms with E-state index in [0.29, 0.717) is 152 Å². The number of hydrogen-bond acceptors (Lipinski definition) is 19. The number of rotatable bonds is 21. The van der Waals surface area contributed by atoms with Gasteiger partial charge < -0.3 is 30.6 Å². The number of carbonyl (C=O) groups is 6. The lowest BCUT2D eigenvalue weighted by molar-refractivity contribution is -0.139. The molecule has 0 saturated carbocycles. The molecule has 3 aromatic rings. The van der Waals surface area contributed by atoms with Crippen molar-refractivity contribution >= 4 is 35.8 Å². The van der Waals surface area contributed by atoms with Gasteiger partial charge in [-0.1, -0.05) is 18.2 Å². The molecule has 6 bridgehead atoms. The molecular weight excluding hydrogens is 987 g/mol. The molecule has 0 fully saturated rings. The van der Waals surface area contributed by atoms with E-state index in [1.807, 2.05) is 84.0 Å². The van der Waals surface area contributed by atoms with Crippen molar-refractivity contribution in [3.05, 3.63) is 88.8 Å². The zero-order chi connectivity index (χ0) is 54.4. The molecule has 25 nitrogen and oxygen atoms in total. The summed E-state index contributed by atoms with van der Waals surface area (Å²) < 4.78 is 0. The maximum atomic E-state index is 12.1. The number of fused-ring (bicyclic) bond motifs is 6. The molecule has 3 aliphatic heterocycles. The Hall–Kier alpha value is -6.13. The van der Waals surface area contributed by atoms with Crippen molar-refractivity contribution in [1.82, 2.24) is 64.0 Å². The topological polar surface area (TPSA) is 295 Å². The minimum absolute atomic E-state index is 0.199. The number of aromatic nitrogens is 3. The van der Waals surface area contributed by atoms with Gasteiger partial charge in [0.25, 0.3) is 0 Å². The second-order valence-corrected chi connectivity index (χ2v) is 19.9. The molecule has 6 N–H and O–H groups in total.